The highest BCUT2D eigenvalue weighted by Gasteiger charge is 2.44. The first-order chi connectivity index (χ1) is 16.2. The zero-order valence-corrected chi connectivity index (χ0v) is 19.0. The van der Waals surface area contributed by atoms with Crippen molar-refractivity contribution in [1.29, 1.82) is 0 Å². The van der Waals surface area contributed by atoms with E-state index >= 15 is 0 Å². The topological polar surface area (TPSA) is 42.4 Å². The van der Waals surface area contributed by atoms with Crippen LogP contribution in [0.25, 0.3) is 10.8 Å². The molecule has 5 rings (SSSR count). The smallest absolute Gasteiger partial charge is 0.233 e. The van der Waals surface area contributed by atoms with Gasteiger partial charge in [0.15, 0.2) is 0 Å². The number of carbonyl (C=O) groups excluding carboxylic acids is 1. The predicted molar refractivity (Wildman–Crippen MR) is 127 cm³/mol. The van der Waals surface area contributed by atoms with Gasteiger partial charge in [-0.25, -0.2) is 4.39 Å². The van der Waals surface area contributed by atoms with Crippen LogP contribution in [0.3, 0.4) is 0 Å². The normalized spacial score (nSPS) is 21.0. The van der Waals surface area contributed by atoms with Crippen molar-refractivity contribution in [3.8, 4) is 0 Å². The van der Waals surface area contributed by atoms with Crippen molar-refractivity contribution in [1.82, 2.24) is 9.88 Å². The Morgan fingerprint density at radius 2 is 1.94 bits per heavy atom. The predicted octanol–water partition coefficient (Wildman–Crippen LogP) is 5.29. The van der Waals surface area contributed by atoms with Gasteiger partial charge in [0.2, 0.25) is 5.91 Å². The van der Waals surface area contributed by atoms with E-state index in [1.165, 1.54) is 22.4 Å². The summed E-state index contributed by atoms with van der Waals surface area (Å²) in [5.41, 5.74) is 1.48. The Bertz CT molecular complexity index is 1120. The number of hydrogen-bond acceptors (Lipinski definition) is 3. The lowest BCUT2D eigenvalue weighted by Gasteiger charge is -2.40. The van der Waals surface area contributed by atoms with Crippen LogP contribution in [-0.2, 0) is 21.4 Å². The molecule has 3 heterocycles. The zero-order valence-electron chi connectivity index (χ0n) is 19.0. The molecule has 0 unspecified atom stereocenters. The molecule has 0 radical (unpaired) electrons. The summed E-state index contributed by atoms with van der Waals surface area (Å²) in [4.78, 5) is 20.2. The SMILES string of the molecule is O=C(N1CCC[C@@H](Cc2cccc3cnccc23)CC1)C1(c2cccc(F)c2)CCOCC1. The third-order valence-corrected chi connectivity index (χ3v) is 7.55. The number of aromatic nitrogens is 1. The van der Waals surface area contributed by atoms with Crippen molar-refractivity contribution in [3.05, 3.63) is 77.9 Å². The highest BCUT2D eigenvalue weighted by Crippen LogP contribution is 2.38. The molecule has 2 aromatic carbocycles. The molecule has 0 aliphatic carbocycles. The van der Waals surface area contributed by atoms with Crippen LogP contribution in [0.1, 0.15) is 43.2 Å². The number of amides is 1. The Hall–Kier alpha value is -2.79. The fraction of sp³-hybridized carbons (Fsp3) is 0.429. The van der Waals surface area contributed by atoms with Gasteiger partial charge < -0.3 is 9.64 Å². The van der Waals surface area contributed by atoms with E-state index in [9.17, 15) is 9.18 Å². The van der Waals surface area contributed by atoms with E-state index in [2.05, 4.69) is 29.2 Å². The van der Waals surface area contributed by atoms with Crippen molar-refractivity contribution in [2.75, 3.05) is 26.3 Å². The molecule has 0 N–H and O–H groups in total. The van der Waals surface area contributed by atoms with E-state index in [0.29, 0.717) is 32.0 Å². The number of ether oxygens (including phenoxy) is 1. The van der Waals surface area contributed by atoms with Gasteiger partial charge in [0.1, 0.15) is 5.82 Å². The van der Waals surface area contributed by atoms with Crippen LogP contribution in [0.5, 0.6) is 0 Å². The molecule has 1 atom stereocenters. The lowest BCUT2D eigenvalue weighted by atomic mass is 9.73. The monoisotopic (exact) mass is 446 g/mol. The van der Waals surface area contributed by atoms with Crippen LogP contribution in [0.4, 0.5) is 4.39 Å². The number of fused-ring (bicyclic) bond motifs is 1. The molecule has 1 aromatic heterocycles. The summed E-state index contributed by atoms with van der Waals surface area (Å²) in [6.45, 7) is 2.60. The van der Waals surface area contributed by atoms with E-state index in [0.717, 1.165) is 44.3 Å². The summed E-state index contributed by atoms with van der Waals surface area (Å²) in [6.07, 6.45) is 9.12. The summed E-state index contributed by atoms with van der Waals surface area (Å²) in [6, 6.07) is 15.1. The van der Waals surface area contributed by atoms with Gasteiger partial charge in [-0.3, -0.25) is 9.78 Å². The van der Waals surface area contributed by atoms with Crippen LogP contribution in [0.15, 0.2) is 60.9 Å². The Balaban J connectivity index is 1.33. The maximum Gasteiger partial charge on any atom is 0.233 e. The molecule has 33 heavy (non-hydrogen) atoms. The molecule has 172 valence electrons. The Morgan fingerprint density at radius 3 is 2.79 bits per heavy atom. The number of hydrogen-bond donors (Lipinski definition) is 0. The van der Waals surface area contributed by atoms with Crippen molar-refractivity contribution < 1.29 is 13.9 Å². The minimum atomic E-state index is -0.678. The molecule has 2 fully saturated rings. The average Bonchev–Trinajstić information content (AvgIpc) is 3.10. The third-order valence-electron chi connectivity index (χ3n) is 7.55. The average molecular weight is 447 g/mol. The van der Waals surface area contributed by atoms with E-state index < -0.39 is 5.41 Å². The number of rotatable bonds is 4. The fourth-order valence-electron chi connectivity index (χ4n) is 5.69. The summed E-state index contributed by atoms with van der Waals surface area (Å²) >= 11 is 0. The Morgan fingerprint density at radius 1 is 1.09 bits per heavy atom. The zero-order chi connectivity index (χ0) is 22.7. The Kier molecular flexibility index (Phi) is 6.41. The largest absolute Gasteiger partial charge is 0.381 e. The van der Waals surface area contributed by atoms with Crippen LogP contribution in [-0.4, -0.2) is 42.1 Å². The summed E-state index contributed by atoms with van der Waals surface area (Å²) < 4.78 is 19.7. The van der Waals surface area contributed by atoms with Crippen LogP contribution < -0.4 is 0 Å². The second-order valence-corrected chi connectivity index (χ2v) is 9.51. The van der Waals surface area contributed by atoms with Crippen molar-refractivity contribution in [3.63, 3.8) is 0 Å². The molecule has 0 saturated carbocycles. The van der Waals surface area contributed by atoms with Gasteiger partial charge in [0.05, 0.1) is 5.41 Å². The Labute approximate surface area is 194 Å². The van der Waals surface area contributed by atoms with Gasteiger partial charge in [-0.2, -0.15) is 0 Å². The first-order valence-corrected chi connectivity index (χ1v) is 12.1. The molecule has 0 spiro atoms. The molecule has 4 nitrogen and oxygen atoms in total. The molecular formula is C28H31FN2O2. The molecule has 2 aliphatic rings. The lowest BCUT2D eigenvalue weighted by Crippen LogP contribution is -2.50. The number of carbonyl (C=O) groups is 1. The van der Waals surface area contributed by atoms with E-state index in [4.69, 9.17) is 4.74 Å². The molecule has 1 amide bonds. The number of benzene rings is 2. The van der Waals surface area contributed by atoms with Gasteiger partial charge in [-0.1, -0.05) is 30.3 Å². The first-order valence-electron chi connectivity index (χ1n) is 12.1. The quantitative estimate of drug-likeness (QED) is 0.547. The maximum absolute atomic E-state index is 14.1. The number of likely N-dealkylation sites (tertiary alicyclic amines) is 1. The van der Waals surface area contributed by atoms with Gasteiger partial charge in [0, 0.05) is 44.1 Å². The van der Waals surface area contributed by atoms with Crippen LogP contribution in [0.2, 0.25) is 0 Å². The lowest BCUT2D eigenvalue weighted by molar-refractivity contribution is -0.141. The van der Waals surface area contributed by atoms with E-state index in [1.54, 1.807) is 12.1 Å². The number of pyridine rings is 1. The number of halogens is 1. The van der Waals surface area contributed by atoms with Crippen molar-refractivity contribution in [2.45, 2.75) is 43.9 Å². The maximum atomic E-state index is 14.1. The fourth-order valence-corrected chi connectivity index (χ4v) is 5.69. The molecular weight excluding hydrogens is 415 g/mol. The van der Waals surface area contributed by atoms with E-state index in [1.807, 2.05) is 23.4 Å². The second-order valence-electron chi connectivity index (χ2n) is 9.51. The van der Waals surface area contributed by atoms with Gasteiger partial charge in [-0.15, -0.1) is 0 Å². The third kappa shape index (κ3) is 4.51. The number of nitrogens with zero attached hydrogens (tertiary/aromatic N) is 2. The summed E-state index contributed by atoms with van der Waals surface area (Å²) in [5, 5.41) is 2.45. The highest BCUT2D eigenvalue weighted by molar-refractivity contribution is 5.88. The minimum Gasteiger partial charge on any atom is -0.381 e. The molecule has 3 aromatic rings. The van der Waals surface area contributed by atoms with Gasteiger partial charge in [-0.05, 0) is 79.2 Å². The molecule has 5 heteroatoms. The second kappa shape index (κ2) is 9.60. The first kappa shape index (κ1) is 22.0. The van der Waals surface area contributed by atoms with Crippen LogP contribution >= 0.6 is 0 Å². The highest BCUT2D eigenvalue weighted by atomic mass is 19.1. The standard InChI is InChI=1S/C28H31FN2O2/c29-25-8-2-7-24(19-25)28(11-16-33-17-12-28)27(32)31-14-3-4-21(10-15-31)18-22-5-1-6-23-20-30-13-9-26(22)23/h1-2,5-9,13,19-21H,3-4,10-12,14-18H2/t21-/m1/s1. The summed E-state index contributed by atoms with van der Waals surface area (Å²) in [7, 11) is 0. The van der Waals surface area contributed by atoms with Gasteiger partial charge in [0.25, 0.3) is 0 Å². The molecule has 2 aliphatic heterocycles. The van der Waals surface area contributed by atoms with Crippen LogP contribution in [0, 0.1) is 11.7 Å². The minimum absolute atomic E-state index is 0.147. The summed E-state index contributed by atoms with van der Waals surface area (Å²) in [5.74, 6) is 0.405. The molecule has 2 saturated heterocycles. The molecule has 0 bridgehead atoms. The van der Waals surface area contributed by atoms with E-state index in [-0.39, 0.29) is 11.7 Å². The van der Waals surface area contributed by atoms with Gasteiger partial charge >= 0.3 is 0 Å². The van der Waals surface area contributed by atoms with Crippen molar-refractivity contribution >= 4 is 16.7 Å². The van der Waals surface area contributed by atoms with Crippen molar-refractivity contribution in [2.24, 2.45) is 5.92 Å².